The van der Waals surface area contributed by atoms with Crippen LogP contribution >= 0.6 is 0 Å². The van der Waals surface area contributed by atoms with Gasteiger partial charge in [-0.2, -0.15) is 0 Å². The fraction of sp³-hybridized carbons (Fsp3) is 0.536. The van der Waals surface area contributed by atoms with Crippen molar-refractivity contribution in [3.8, 4) is 0 Å². The molecule has 0 radical (unpaired) electrons. The number of ether oxygens (including phenoxy) is 3. The van der Waals surface area contributed by atoms with Gasteiger partial charge in [0.25, 0.3) is 0 Å². The summed E-state index contributed by atoms with van der Waals surface area (Å²) >= 11 is 0. The molecule has 1 fully saturated rings. The van der Waals surface area contributed by atoms with Gasteiger partial charge in [-0.3, -0.25) is 4.79 Å². The van der Waals surface area contributed by atoms with Crippen LogP contribution in [0.15, 0.2) is 46.8 Å². The minimum atomic E-state index is -0.723. The lowest BCUT2D eigenvalue weighted by atomic mass is 9.80. The zero-order valence-corrected chi connectivity index (χ0v) is 21.9. The Morgan fingerprint density at radius 2 is 1.67 bits per heavy atom. The van der Waals surface area contributed by atoms with Crippen LogP contribution in [0.3, 0.4) is 0 Å². The maximum Gasteiger partial charge on any atom is 0.337 e. The zero-order valence-electron chi connectivity index (χ0n) is 21.9. The molecule has 1 aromatic carbocycles. The molecule has 1 aliphatic heterocycles. The molecule has 8 nitrogen and oxygen atoms in total. The van der Waals surface area contributed by atoms with Crippen LogP contribution in [0.2, 0.25) is 0 Å². The predicted molar refractivity (Wildman–Crippen MR) is 137 cm³/mol. The second kappa shape index (κ2) is 12.7. The van der Waals surface area contributed by atoms with E-state index in [0.29, 0.717) is 33.8 Å². The average molecular weight is 499 g/mol. The summed E-state index contributed by atoms with van der Waals surface area (Å²) in [5.41, 5.74) is 3.17. The predicted octanol–water partition coefficient (Wildman–Crippen LogP) is 4.58. The number of amides is 1. The number of nitrogens with one attached hydrogen (secondary N) is 2. The van der Waals surface area contributed by atoms with Crippen molar-refractivity contribution < 1.29 is 28.6 Å². The second-order valence-electron chi connectivity index (χ2n) is 9.67. The van der Waals surface area contributed by atoms with Crippen molar-refractivity contribution >= 4 is 23.5 Å². The number of benzene rings is 1. The van der Waals surface area contributed by atoms with Crippen LogP contribution < -0.4 is 10.6 Å². The first-order valence-electron chi connectivity index (χ1n) is 12.7. The number of carbonyl (C=O) groups is 3. The third-order valence-corrected chi connectivity index (χ3v) is 6.53. The monoisotopic (exact) mass is 498 g/mol. The Kier molecular flexibility index (Phi) is 9.70. The van der Waals surface area contributed by atoms with Crippen LogP contribution in [-0.4, -0.2) is 44.3 Å². The van der Waals surface area contributed by atoms with Gasteiger partial charge in [0.05, 0.1) is 29.8 Å². The molecule has 1 atom stereocenters. The topological polar surface area (TPSA) is 103 Å². The Bertz CT molecular complexity index is 1040. The molecule has 0 unspecified atom stereocenters. The van der Waals surface area contributed by atoms with Crippen molar-refractivity contribution in [3.63, 3.8) is 0 Å². The number of dihydropyridines is 1. The van der Waals surface area contributed by atoms with E-state index in [-0.39, 0.29) is 31.1 Å². The second-order valence-corrected chi connectivity index (χ2v) is 9.67. The van der Waals surface area contributed by atoms with E-state index in [4.69, 9.17) is 14.2 Å². The van der Waals surface area contributed by atoms with E-state index in [2.05, 4.69) is 10.6 Å². The summed E-state index contributed by atoms with van der Waals surface area (Å²) < 4.78 is 16.0. The number of methoxy groups -OCH3 is 1. The molecular weight excluding hydrogens is 460 g/mol. The van der Waals surface area contributed by atoms with Gasteiger partial charge in [-0.1, -0.05) is 31.4 Å². The molecule has 196 valence electrons. The van der Waals surface area contributed by atoms with E-state index >= 15 is 0 Å². The Morgan fingerprint density at radius 3 is 2.31 bits per heavy atom. The highest BCUT2D eigenvalue weighted by Gasteiger charge is 2.38. The molecule has 0 aromatic heterocycles. The molecule has 0 bridgehead atoms. The first-order valence-corrected chi connectivity index (χ1v) is 12.7. The first-order chi connectivity index (χ1) is 17.2. The molecule has 0 spiro atoms. The Labute approximate surface area is 213 Å². The summed E-state index contributed by atoms with van der Waals surface area (Å²) in [5, 5.41) is 6.19. The smallest absolute Gasteiger partial charge is 0.337 e. The molecule has 36 heavy (non-hydrogen) atoms. The first kappa shape index (κ1) is 27.5. The number of carbonyl (C=O) groups excluding carboxylic acids is 3. The van der Waals surface area contributed by atoms with Gasteiger partial charge in [-0.05, 0) is 58.2 Å². The van der Waals surface area contributed by atoms with Crippen molar-refractivity contribution in [2.45, 2.75) is 71.8 Å². The van der Waals surface area contributed by atoms with E-state index < -0.39 is 17.9 Å². The summed E-state index contributed by atoms with van der Waals surface area (Å²) in [6, 6.07) is 7.30. The van der Waals surface area contributed by atoms with Crippen LogP contribution in [0, 0.1) is 5.92 Å². The van der Waals surface area contributed by atoms with Gasteiger partial charge in [-0.15, -0.1) is 0 Å². The fourth-order valence-electron chi connectivity index (χ4n) is 4.85. The van der Waals surface area contributed by atoms with E-state index in [1.54, 1.807) is 27.7 Å². The lowest BCUT2D eigenvalue weighted by molar-refractivity contribution is -0.143. The normalized spacial score (nSPS) is 18.7. The third kappa shape index (κ3) is 6.75. The number of hydrogen-bond acceptors (Lipinski definition) is 7. The fourth-order valence-corrected chi connectivity index (χ4v) is 4.85. The highest BCUT2D eigenvalue weighted by molar-refractivity contribution is 6.00. The minimum Gasteiger partial charge on any atom is -0.460 e. The maximum atomic E-state index is 13.2. The molecular formula is C28H38N2O6. The molecule has 8 heteroatoms. The number of allylic oxidation sites excluding steroid dienone is 2. The van der Waals surface area contributed by atoms with Gasteiger partial charge < -0.3 is 24.8 Å². The molecule has 1 aliphatic carbocycles. The highest BCUT2D eigenvalue weighted by Crippen LogP contribution is 2.40. The highest BCUT2D eigenvalue weighted by atomic mass is 16.6. The zero-order chi connectivity index (χ0) is 26.2. The molecule has 2 N–H and O–H groups in total. The molecule has 1 amide bonds. The number of hydrogen-bond donors (Lipinski definition) is 2. The van der Waals surface area contributed by atoms with Crippen LogP contribution in [0.4, 0.5) is 5.69 Å². The number of rotatable bonds is 9. The van der Waals surface area contributed by atoms with Gasteiger partial charge in [0.1, 0.15) is 6.61 Å². The summed E-state index contributed by atoms with van der Waals surface area (Å²) in [7, 11) is 1.53. The third-order valence-electron chi connectivity index (χ3n) is 6.53. The lowest BCUT2D eigenvalue weighted by Gasteiger charge is -2.31. The molecule has 1 saturated carbocycles. The van der Waals surface area contributed by atoms with Gasteiger partial charge in [0.2, 0.25) is 5.91 Å². The Hall–Kier alpha value is -3.13. The van der Waals surface area contributed by atoms with Gasteiger partial charge >= 0.3 is 11.9 Å². The summed E-state index contributed by atoms with van der Waals surface area (Å²) in [4.78, 5) is 39.3. The van der Waals surface area contributed by atoms with Crippen molar-refractivity contribution in [2.24, 2.45) is 5.92 Å². The van der Waals surface area contributed by atoms with Gasteiger partial charge in [0, 0.05) is 30.1 Å². The minimum absolute atomic E-state index is 0.00784. The van der Waals surface area contributed by atoms with Crippen molar-refractivity contribution in [1.29, 1.82) is 0 Å². The molecule has 1 aromatic rings. The summed E-state index contributed by atoms with van der Waals surface area (Å²) in [6.07, 6.45) is 4.77. The summed E-state index contributed by atoms with van der Waals surface area (Å²) in [5.74, 6) is -1.76. The lowest BCUT2D eigenvalue weighted by Crippen LogP contribution is -2.33. The van der Waals surface area contributed by atoms with E-state index in [9.17, 15) is 14.4 Å². The van der Waals surface area contributed by atoms with E-state index in [1.807, 2.05) is 24.3 Å². The Balaban J connectivity index is 1.98. The molecule has 2 aliphatic rings. The number of esters is 2. The molecule has 0 saturated heterocycles. The molecule has 1 heterocycles. The van der Waals surface area contributed by atoms with Crippen LogP contribution in [0.5, 0.6) is 0 Å². The Morgan fingerprint density at radius 1 is 1.00 bits per heavy atom. The van der Waals surface area contributed by atoms with Gasteiger partial charge in [0.15, 0.2) is 0 Å². The standard InChI is InChI=1S/C28H38N2O6/c1-17(2)36-28(33)24-19(4)29-18(3)23(27(32)35-15-14-34-5)25(24)21-12-9-13-22(16-21)30-26(31)20-10-7-6-8-11-20/h9,12-13,16-17,20,25,29H,6-8,10-11,14-15H2,1-5H3,(H,30,31)/t25-/m0/s1. The van der Waals surface area contributed by atoms with Gasteiger partial charge in [-0.25, -0.2) is 9.59 Å². The van der Waals surface area contributed by atoms with Crippen molar-refractivity contribution in [2.75, 3.05) is 25.6 Å². The SMILES string of the molecule is COCCOC(=O)C1=C(C)NC(C)=C(C(=O)OC(C)C)[C@H]1c1cccc(NC(=O)C2CCCCC2)c1. The quantitative estimate of drug-likeness (QED) is 0.379. The van der Waals surface area contributed by atoms with Crippen molar-refractivity contribution in [1.82, 2.24) is 5.32 Å². The van der Waals surface area contributed by atoms with Crippen LogP contribution in [0.1, 0.15) is 71.3 Å². The molecule has 3 rings (SSSR count). The maximum absolute atomic E-state index is 13.2. The average Bonchev–Trinajstić information content (AvgIpc) is 2.83. The summed E-state index contributed by atoms with van der Waals surface area (Å²) in [6.45, 7) is 7.47. The van der Waals surface area contributed by atoms with E-state index in [0.717, 1.165) is 25.7 Å². The largest absolute Gasteiger partial charge is 0.460 e. The van der Waals surface area contributed by atoms with E-state index in [1.165, 1.54) is 13.5 Å². The van der Waals surface area contributed by atoms with Crippen molar-refractivity contribution in [3.05, 3.63) is 52.4 Å². The number of anilines is 1. The van der Waals surface area contributed by atoms with Crippen LogP contribution in [-0.2, 0) is 28.6 Å². The van der Waals surface area contributed by atoms with Crippen LogP contribution in [0.25, 0.3) is 0 Å².